The van der Waals surface area contributed by atoms with Gasteiger partial charge in [-0.15, -0.1) is 0 Å². The molecule has 4 nitrogen and oxygen atoms in total. The number of hydrogen-bond acceptors (Lipinski definition) is 4. The van der Waals surface area contributed by atoms with Gasteiger partial charge in [-0.05, 0) is 40.6 Å². The molecule has 4 heteroatoms. The Morgan fingerprint density at radius 3 is 2.10 bits per heavy atom. The van der Waals surface area contributed by atoms with E-state index in [1.54, 1.807) is 0 Å². The molecule has 0 aliphatic carbocycles. The number of furan rings is 2. The van der Waals surface area contributed by atoms with E-state index in [1.807, 2.05) is 60.7 Å². The first-order chi connectivity index (χ1) is 20.8. The lowest BCUT2D eigenvalue weighted by atomic mass is 9.97. The Morgan fingerprint density at radius 2 is 1.17 bits per heavy atom. The molecule has 0 spiro atoms. The fourth-order valence-electron chi connectivity index (χ4n) is 6.12. The summed E-state index contributed by atoms with van der Waals surface area (Å²) in [7, 11) is 0. The Bertz CT molecular complexity index is 2470. The van der Waals surface area contributed by atoms with E-state index in [-0.39, 0.29) is 0 Å². The molecule has 0 atom stereocenters. The van der Waals surface area contributed by atoms with Gasteiger partial charge in [-0.3, -0.25) is 0 Å². The summed E-state index contributed by atoms with van der Waals surface area (Å²) in [6.07, 6.45) is 0. The van der Waals surface area contributed by atoms with Gasteiger partial charge >= 0.3 is 0 Å². The molecule has 9 rings (SSSR count). The maximum Gasteiger partial charge on any atom is 0.180 e. The van der Waals surface area contributed by atoms with Crippen LogP contribution in [0, 0.1) is 0 Å². The minimum absolute atomic E-state index is 0.659. The van der Waals surface area contributed by atoms with E-state index in [0.717, 1.165) is 66.4 Å². The second-order valence-electron chi connectivity index (χ2n) is 10.6. The summed E-state index contributed by atoms with van der Waals surface area (Å²) in [6.45, 7) is 0. The largest absolute Gasteiger partial charge is 0.455 e. The summed E-state index contributed by atoms with van der Waals surface area (Å²) in [4.78, 5) is 10.1. The van der Waals surface area contributed by atoms with Crippen LogP contribution in [-0.2, 0) is 0 Å². The van der Waals surface area contributed by atoms with Gasteiger partial charge in [0.25, 0.3) is 0 Å². The van der Waals surface area contributed by atoms with Gasteiger partial charge in [0.1, 0.15) is 28.0 Å². The van der Waals surface area contributed by atoms with Gasteiger partial charge in [-0.2, -0.15) is 0 Å². The van der Waals surface area contributed by atoms with Gasteiger partial charge in [-0.1, -0.05) is 109 Å². The highest BCUT2D eigenvalue weighted by Gasteiger charge is 2.22. The monoisotopic (exact) mass is 538 g/mol. The summed E-state index contributed by atoms with van der Waals surface area (Å²) in [5, 5.41) is 5.43. The second-order valence-corrected chi connectivity index (χ2v) is 10.6. The first kappa shape index (κ1) is 23.0. The molecule has 0 radical (unpaired) electrons. The maximum absolute atomic E-state index is 6.62. The predicted octanol–water partition coefficient (Wildman–Crippen LogP) is 10.4. The fraction of sp³-hybridized carbons (Fsp3) is 0. The Hall–Kier alpha value is -5.74. The molecule has 0 saturated carbocycles. The van der Waals surface area contributed by atoms with Gasteiger partial charge < -0.3 is 8.83 Å². The Balaban J connectivity index is 1.35. The van der Waals surface area contributed by atoms with Crippen LogP contribution < -0.4 is 0 Å². The number of aromatic nitrogens is 2. The first-order valence-corrected chi connectivity index (χ1v) is 14.0. The average Bonchev–Trinajstić information content (AvgIpc) is 3.63. The zero-order chi connectivity index (χ0) is 27.6. The molecule has 0 fully saturated rings. The highest BCUT2D eigenvalue weighted by atomic mass is 16.3. The normalized spacial score (nSPS) is 11.8. The van der Waals surface area contributed by atoms with Crippen molar-refractivity contribution in [1.82, 2.24) is 9.97 Å². The van der Waals surface area contributed by atoms with Crippen molar-refractivity contribution in [2.24, 2.45) is 0 Å². The average molecular weight is 539 g/mol. The highest BCUT2D eigenvalue weighted by Crippen LogP contribution is 2.43. The predicted molar refractivity (Wildman–Crippen MR) is 170 cm³/mol. The summed E-state index contributed by atoms with van der Waals surface area (Å²) in [5.41, 5.74) is 8.75. The van der Waals surface area contributed by atoms with Gasteiger partial charge in [-0.25, -0.2) is 9.97 Å². The molecular weight excluding hydrogens is 516 g/mol. The summed E-state index contributed by atoms with van der Waals surface area (Å²) < 4.78 is 13.1. The standard InChI is InChI=1S/C38H22N2O2/c1-2-11-24(12-3-1)38-39-34-28-14-6-7-18-31(28)41-37(34)35(40-38)29-16-9-19-32-33(29)30-17-8-15-27(36(30)42-32)26-21-20-23-10-4-5-13-25(23)22-26/h1-22H. The van der Waals surface area contributed by atoms with Crippen LogP contribution in [0.15, 0.2) is 142 Å². The van der Waals surface area contributed by atoms with Crippen LogP contribution in [0.3, 0.4) is 0 Å². The van der Waals surface area contributed by atoms with E-state index < -0.39 is 0 Å². The molecule has 196 valence electrons. The van der Waals surface area contributed by atoms with Crippen LogP contribution in [0.2, 0.25) is 0 Å². The van der Waals surface area contributed by atoms with Gasteiger partial charge in [0.05, 0.1) is 0 Å². The number of fused-ring (bicyclic) bond motifs is 7. The van der Waals surface area contributed by atoms with E-state index >= 15 is 0 Å². The van der Waals surface area contributed by atoms with Gasteiger partial charge in [0.2, 0.25) is 0 Å². The number of hydrogen-bond donors (Lipinski definition) is 0. The summed E-state index contributed by atoms with van der Waals surface area (Å²) in [6, 6.07) is 45.6. The van der Waals surface area contributed by atoms with Crippen LogP contribution in [0.4, 0.5) is 0 Å². The lowest BCUT2D eigenvalue weighted by Crippen LogP contribution is -1.94. The van der Waals surface area contributed by atoms with Crippen molar-refractivity contribution in [3.8, 4) is 33.8 Å². The Labute approximate surface area is 240 Å². The van der Waals surface area contributed by atoms with E-state index in [4.69, 9.17) is 18.8 Å². The molecule has 0 aliphatic heterocycles. The zero-order valence-corrected chi connectivity index (χ0v) is 22.4. The van der Waals surface area contributed by atoms with Crippen molar-refractivity contribution in [2.45, 2.75) is 0 Å². The molecule has 6 aromatic carbocycles. The molecule has 0 unspecified atom stereocenters. The minimum atomic E-state index is 0.659. The van der Waals surface area contributed by atoms with E-state index in [2.05, 4.69) is 72.8 Å². The van der Waals surface area contributed by atoms with Crippen LogP contribution in [0.5, 0.6) is 0 Å². The zero-order valence-electron chi connectivity index (χ0n) is 22.4. The number of rotatable bonds is 3. The number of benzene rings is 6. The molecular formula is C38H22N2O2. The van der Waals surface area contributed by atoms with E-state index in [1.165, 1.54) is 10.8 Å². The van der Waals surface area contributed by atoms with Crippen molar-refractivity contribution in [3.05, 3.63) is 133 Å². The quantitative estimate of drug-likeness (QED) is 0.224. The molecule has 0 saturated heterocycles. The summed E-state index contributed by atoms with van der Waals surface area (Å²) >= 11 is 0. The third kappa shape index (κ3) is 3.42. The SMILES string of the molecule is c1ccc(-c2nc(-c3cccc4oc5c(-c6ccc7ccccc7c6)cccc5c34)c3oc4ccccc4c3n2)cc1. The smallest absolute Gasteiger partial charge is 0.180 e. The molecule has 0 aliphatic rings. The van der Waals surface area contributed by atoms with E-state index in [0.29, 0.717) is 11.4 Å². The third-order valence-electron chi connectivity index (χ3n) is 8.09. The van der Waals surface area contributed by atoms with Crippen molar-refractivity contribution >= 4 is 54.8 Å². The second kappa shape index (κ2) is 8.88. The molecule has 3 aromatic heterocycles. The third-order valence-corrected chi connectivity index (χ3v) is 8.09. The molecule has 0 N–H and O–H groups in total. The first-order valence-electron chi connectivity index (χ1n) is 14.0. The van der Waals surface area contributed by atoms with Crippen LogP contribution >= 0.6 is 0 Å². The maximum atomic E-state index is 6.62. The minimum Gasteiger partial charge on any atom is -0.455 e. The number of para-hydroxylation sites is 2. The van der Waals surface area contributed by atoms with Crippen molar-refractivity contribution in [3.63, 3.8) is 0 Å². The van der Waals surface area contributed by atoms with Crippen molar-refractivity contribution in [1.29, 1.82) is 0 Å². The van der Waals surface area contributed by atoms with Crippen molar-refractivity contribution in [2.75, 3.05) is 0 Å². The van der Waals surface area contributed by atoms with Gasteiger partial charge in [0.15, 0.2) is 11.4 Å². The van der Waals surface area contributed by atoms with Crippen LogP contribution in [-0.4, -0.2) is 9.97 Å². The molecule has 9 aromatic rings. The molecule has 0 bridgehead atoms. The molecule has 0 amide bonds. The van der Waals surface area contributed by atoms with Crippen LogP contribution in [0.25, 0.3) is 88.6 Å². The molecule has 3 heterocycles. The van der Waals surface area contributed by atoms with Crippen LogP contribution in [0.1, 0.15) is 0 Å². The van der Waals surface area contributed by atoms with E-state index in [9.17, 15) is 0 Å². The van der Waals surface area contributed by atoms with Gasteiger partial charge in [0, 0.05) is 32.8 Å². The highest BCUT2D eigenvalue weighted by molar-refractivity contribution is 6.18. The molecule has 42 heavy (non-hydrogen) atoms. The lowest BCUT2D eigenvalue weighted by Gasteiger charge is -2.08. The van der Waals surface area contributed by atoms with Crippen molar-refractivity contribution < 1.29 is 8.83 Å². The lowest BCUT2D eigenvalue weighted by molar-refractivity contribution is 0.667. The fourth-order valence-corrected chi connectivity index (χ4v) is 6.12. The topological polar surface area (TPSA) is 52.1 Å². The Morgan fingerprint density at radius 1 is 0.452 bits per heavy atom. The Kier molecular flexibility index (Phi) is 4.87. The summed E-state index contributed by atoms with van der Waals surface area (Å²) in [5.74, 6) is 0.659. The number of nitrogens with zero attached hydrogens (tertiary/aromatic N) is 2.